The van der Waals surface area contributed by atoms with Crippen LogP contribution in [0.3, 0.4) is 0 Å². The molecule has 0 radical (unpaired) electrons. The van der Waals surface area contributed by atoms with Crippen LogP contribution in [-0.4, -0.2) is 21.0 Å². The van der Waals surface area contributed by atoms with Crippen LogP contribution in [0.4, 0.5) is 0 Å². The van der Waals surface area contributed by atoms with Crippen molar-refractivity contribution in [1.82, 2.24) is 9.97 Å². The molecule has 0 amide bonds. The fourth-order valence-corrected chi connectivity index (χ4v) is 1.57. The van der Waals surface area contributed by atoms with Crippen LogP contribution in [0, 0.1) is 0 Å². The van der Waals surface area contributed by atoms with E-state index in [1.54, 1.807) is 6.07 Å². The summed E-state index contributed by atoms with van der Waals surface area (Å²) in [6, 6.07) is 8.91. The van der Waals surface area contributed by atoms with Crippen LogP contribution in [0.5, 0.6) is 11.6 Å². The van der Waals surface area contributed by atoms with Gasteiger partial charge >= 0.3 is 5.97 Å². The zero-order valence-corrected chi connectivity index (χ0v) is 10.7. The number of hydrogen-bond acceptors (Lipinski definition) is 4. The maximum atomic E-state index is 10.8. The molecule has 2 rings (SSSR count). The van der Waals surface area contributed by atoms with Gasteiger partial charge < -0.3 is 9.84 Å². The summed E-state index contributed by atoms with van der Waals surface area (Å²) in [4.78, 5) is 18.3. The lowest BCUT2D eigenvalue weighted by atomic mass is 10.0. The van der Waals surface area contributed by atoms with Gasteiger partial charge in [-0.3, -0.25) is 0 Å². The normalized spacial score (nSPS) is 10.5. The molecule has 98 valence electrons. The summed E-state index contributed by atoms with van der Waals surface area (Å²) in [5.74, 6) is 0.126. The Morgan fingerprint density at radius 2 is 2.05 bits per heavy atom. The number of aromatic carboxylic acids is 1. The van der Waals surface area contributed by atoms with Crippen molar-refractivity contribution in [1.29, 1.82) is 0 Å². The molecule has 0 bridgehead atoms. The summed E-state index contributed by atoms with van der Waals surface area (Å²) in [5.41, 5.74) is 1.05. The third kappa shape index (κ3) is 3.28. The fraction of sp³-hybridized carbons (Fsp3) is 0.214. The van der Waals surface area contributed by atoms with E-state index in [1.165, 1.54) is 12.4 Å². The van der Waals surface area contributed by atoms with Crippen molar-refractivity contribution >= 4 is 5.97 Å². The summed E-state index contributed by atoms with van der Waals surface area (Å²) < 4.78 is 5.55. The average Bonchev–Trinajstić information content (AvgIpc) is 2.39. The highest BCUT2D eigenvalue weighted by molar-refractivity contribution is 5.85. The van der Waals surface area contributed by atoms with Crippen LogP contribution in [0.2, 0.25) is 0 Å². The number of carboxylic acid groups (broad SMARTS) is 1. The standard InChI is InChI=1S/C14H14N2O3/c1-9(2)10-4-3-5-11(6-10)19-13-7-12(14(17)18)15-8-16-13/h3-9H,1-2H3,(H,17,18). The van der Waals surface area contributed by atoms with Gasteiger partial charge in [-0.15, -0.1) is 0 Å². The predicted molar refractivity (Wildman–Crippen MR) is 69.6 cm³/mol. The quantitative estimate of drug-likeness (QED) is 0.912. The van der Waals surface area contributed by atoms with Crippen molar-refractivity contribution in [2.45, 2.75) is 19.8 Å². The molecule has 1 aromatic carbocycles. The third-order valence-electron chi connectivity index (χ3n) is 2.61. The van der Waals surface area contributed by atoms with Crippen LogP contribution in [0.15, 0.2) is 36.7 Å². The van der Waals surface area contributed by atoms with Gasteiger partial charge in [-0.2, -0.15) is 0 Å². The molecule has 0 aliphatic heterocycles. The lowest BCUT2D eigenvalue weighted by molar-refractivity contribution is 0.0689. The van der Waals surface area contributed by atoms with Gasteiger partial charge in [0, 0.05) is 6.07 Å². The Morgan fingerprint density at radius 1 is 1.26 bits per heavy atom. The third-order valence-corrected chi connectivity index (χ3v) is 2.61. The first-order chi connectivity index (χ1) is 9.06. The van der Waals surface area contributed by atoms with Gasteiger partial charge in [0.15, 0.2) is 5.69 Å². The molecule has 2 aromatic rings. The molecular formula is C14H14N2O3. The van der Waals surface area contributed by atoms with Crippen LogP contribution in [0.25, 0.3) is 0 Å². The molecule has 0 saturated heterocycles. The Hall–Kier alpha value is -2.43. The van der Waals surface area contributed by atoms with E-state index in [0.29, 0.717) is 11.7 Å². The second-order valence-corrected chi connectivity index (χ2v) is 4.38. The van der Waals surface area contributed by atoms with Gasteiger partial charge in [0.25, 0.3) is 0 Å². The maximum Gasteiger partial charge on any atom is 0.354 e. The summed E-state index contributed by atoms with van der Waals surface area (Å²) in [6.07, 6.45) is 1.17. The number of carbonyl (C=O) groups is 1. The Morgan fingerprint density at radius 3 is 2.74 bits per heavy atom. The SMILES string of the molecule is CC(C)c1cccc(Oc2cc(C(=O)O)ncn2)c1. The summed E-state index contributed by atoms with van der Waals surface area (Å²) in [5, 5.41) is 8.85. The fourth-order valence-electron chi connectivity index (χ4n) is 1.57. The van der Waals surface area contributed by atoms with Crippen molar-refractivity contribution in [2.75, 3.05) is 0 Å². The minimum absolute atomic E-state index is 0.0926. The second kappa shape index (κ2) is 5.48. The molecule has 1 heterocycles. The second-order valence-electron chi connectivity index (χ2n) is 4.38. The van der Waals surface area contributed by atoms with Gasteiger partial charge in [-0.1, -0.05) is 26.0 Å². The molecule has 5 heteroatoms. The number of nitrogens with zero attached hydrogens (tertiary/aromatic N) is 2. The first-order valence-electron chi connectivity index (χ1n) is 5.89. The van der Waals surface area contributed by atoms with E-state index in [0.717, 1.165) is 5.56 Å². The molecule has 0 aliphatic rings. The van der Waals surface area contributed by atoms with Gasteiger partial charge in [0.05, 0.1) is 0 Å². The van der Waals surface area contributed by atoms with Crippen molar-refractivity contribution < 1.29 is 14.6 Å². The zero-order valence-electron chi connectivity index (χ0n) is 10.7. The van der Waals surface area contributed by atoms with E-state index < -0.39 is 5.97 Å². The lowest BCUT2D eigenvalue weighted by Gasteiger charge is -2.09. The minimum atomic E-state index is -1.11. The van der Waals surface area contributed by atoms with E-state index in [1.807, 2.05) is 18.2 Å². The highest BCUT2D eigenvalue weighted by Crippen LogP contribution is 2.24. The minimum Gasteiger partial charge on any atom is -0.477 e. The first kappa shape index (κ1) is 13.0. The van der Waals surface area contributed by atoms with Crippen molar-refractivity contribution in [3.8, 4) is 11.6 Å². The number of ether oxygens (including phenoxy) is 1. The number of carboxylic acids is 1. The van der Waals surface area contributed by atoms with Gasteiger partial charge in [0.2, 0.25) is 5.88 Å². The molecule has 0 spiro atoms. The highest BCUT2D eigenvalue weighted by Gasteiger charge is 2.08. The Labute approximate surface area is 110 Å². The highest BCUT2D eigenvalue weighted by atomic mass is 16.5. The van der Waals surface area contributed by atoms with E-state index in [-0.39, 0.29) is 11.6 Å². The molecule has 0 atom stereocenters. The number of rotatable bonds is 4. The largest absolute Gasteiger partial charge is 0.477 e. The van der Waals surface area contributed by atoms with Gasteiger partial charge in [0.1, 0.15) is 12.1 Å². The van der Waals surface area contributed by atoms with Crippen LogP contribution in [0.1, 0.15) is 35.8 Å². The molecule has 5 nitrogen and oxygen atoms in total. The number of aromatic nitrogens is 2. The topological polar surface area (TPSA) is 72.3 Å². The molecule has 0 aliphatic carbocycles. The average molecular weight is 258 g/mol. The smallest absolute Gasteiger partial charge is 0.354 e. The van der Waals surface area contributed by atoms with Crippen LogP contribution < -0.4 is 4.74 Å². The van der Waals surface area contributed by atoms with Crippen molar-refractivity contribution in [3.05, 3.63) is 47.9 Å². The monoisotopic (exact) mass is 258 g/mol. The molecule has 0 unspecified atom stereocenters. The molecule has 1 N–H and O–H groups in total. The summed E-state index contributed by atoms with van der Waals surface area (Å²) in [6.45, 7) is 4.18. The maximum absolute atomic E-state index is 10.8. The van der Waals surface area contributed by atoms with Crippen LogP contribution >= 0.6 is 0 Å². The van der Waals surface area contributed by atoms with E-state index >= 15 is 0 Å². The van der Waals surface area contributed by atoms with E-state index in [2.05, 4.69) is 23.8 Å². The summed E-state index contributed by atoms with van der Waals surface area (Å²) >= 11 is 0. The lowest BCUT2D eigenvalue weighted by Crippen LogP contribution is -2.01. The molecule has 1 aromatic heterocycles. The van der Waals surface area contributed by atoms with Gasteiger partial charge in [-0.05, 0) is 23.6 Å². The zero-order chi connectivity index (χ0) is 13.8. The number of hydrogen-bond donors (Lipinski definition) is 1. The van der Waals surface area contributed by atoms with Crippen molar-refractivity contribution in [3.63, 3.8) is 0 Å². The van der Waals surface area contributed by atoms with E-state index in [4.69, 9.17) is 9.84 Å². The Kier molecular flexibility index (Phi) is 3.75. The van der Waals surface area contributed by atoms with E-state index in [9.17, 15) is 4.79 Å². The molecule has 0 saturated carbocycles. The Bertz CT molecular complexity index is 597. The molecule has 0 fully saturated rings. The summed E-state index contributed by atoms with van der Waals surface area (Å²) in [7, 11) is 0. The predicted octanol–water partition coefficient (Wildman–Crippen LogP) is 3.09. The van der Waals surface area contributed by atoms with Crippen LogP contribution in [-0.2, 0) is 0 Å². The van der Waals surface area contributed by atoms with Crippen molar-refractivity contribution in [2.24, 2.45) is 0 Å². The number of benzene rings is 1. The first-order valence-corrected chi connectivity index (χ1v) is 5.89. The molecule has 19 heavy (non-hydrogen) atoms. The Balaban J connectivity index is 2.23. The van der Waals surface area contributed by atoms with Gasteiger partial charge in [-0.25, -0.2) is 14.8 Å². The molecular weight excluding hydrogens is 244 g/mol.